The van der Waals surface area contributed by atoms with Crippen LogP contribution in [0, 0.1) is 20.8 Å². The summed E-state index contributed by atoms with van der Waals surface area (Å²) in [6.45, 7) is 7.21. The minimum absolute atomic E-state index is 0.133. The van der Waals surface area contributed by atoms with Crippen molar-refractivity contribution in [3.63, 3.8) is 0 Å². The predicted octanol–water partition coefficient (Wildman–Crippen LogP) is 1.91. The average Bonchev–Trinajstić information content (AvgIpc) is 3.12. The van der Waals surface area contributed by atoms with Gasteiger partial charge in [0.1, 0.15) is 6.54 Å². The Morgan fingerprint density at radius 3 is 2.73 bits per heavy atom. The van der Waals surface area contributed by atoms with E-state index in [2.05, 4.69) is 17.1 Å². The minimum atomic E-state index is 0.133. The summed E-state index contributed by atoms with van der Waals surface area (Å²) in [4.78, 5) is 14.7. The molecule has 22 heavy (non-hydrogen) atoms. The number of aryl methyl sites for hydroxylation is 3. The van der Waals surface area contributed by atoms with Gasteiger partial charge in [-0.2, -0.15) is 10.2 Å². The van der Waals surface area contributed by atoms with Crippen molar-refractivity contribution in [2.45, 2.75) is 46.2 Å². The molecule has 2 aromatic heterocycles. The number of hydrogen-bond donors (Lipinski definition) is 0. The second kappa shape index (κ2) is 5.59. The Morgan fingerprint density at radius 1 is 1.36 bits per heavy atom. The van der Waals surface area contributed by atoms with Crippen molar-refractivity contribution in [1.82, 2.24) is 24.5 Å². The molecule has 1 saturated heterocycles. The lowest BCUT2D eigenvalue weighted by Gasteiger charge is -2.25. The van der Waals surface area contributed by atoms with Crippen LogP contribution in [0.2, 0.25) is 0 Å². The molecule has 1 aliphatic heterocycles. The van der Waals surface area contributed by atoms with Crippen LogP contribution in [0.15, 0.2) is 12.4 Å². The van der Waals surface area contributed by atoms with Crippen molar-refractivity contribution < 1.29 is 4.79 Å². The van der Waals surface area contributed by atoms with E-state index in [0.29, 0.717) is 6.54 Å². The number of rotatable bonds is 3. The van der Waals surface area contributed by atoms with Crippen molar-refractivity contribution in [3.05, 3.63) is 34.9 Å². The van der Waals surface area contributed by atoms with Gasteiger partial charge in [-0.25, -0.2) is 0 Å². The van der Waals surface area contributed by atoms with E-state index in [9.17, 15) is 4.79 Å². The monoisotopic (exact) mass is 301 g/mol. The summed E-state index contributed by atoms with van der Waals surface area (Å²) in [6, 6.07) is 0.151. The van der Waals surface area contributed by atoms with Crippen LogP contribution in [0.3, 0.4) is 0 Å². The molecule has 0 aromatic carbocycles. The fourth-order valence-corrected chi connectivity index (χ4v) is 3.42. The average molecular weight is 301 g/mol. The van der Waals surface area contributed by atoms with E-state index in [4.69, 9.17) is 0 Å². The third kappa shape index (κ3) is 2.53. The summed E-state index contributed by atoms with van der Waals surface area (Å²) in [6.07, 6.45) is 5.74. The molecule has 1 atom stereocenters. The van der Waals surface area contributed by atoms with E-state index >= 15 is 0 Å². The van der Waals surface area contributed by atoms with Crippen LogP contribution in [0.5, 0.6) is 0 Å². The van der Waals surface area contributed by atoms with Crippen molar-refractivity contribution in [2.75, 3.05) is 6.54 Å². The number of likely N-dealkylation sites (tertiary alicyclic amines) is 1. The highest BCUT2D eigenvalue weighted by Crippen LogP contribution is 2.35. The second-order valence-corrected chi connectivity index (χ2v) is 6.17. The van der Waals surface area contributed by atoms with Gasteiger partial charge < -0.3 is 4.90 Å². The van der Waals surface area contributed by atoms with Gasteiger partial charge in [-0.3, -0.25) is 14.2 Å². The molecule has 1 aliphatic rings. The van der Waals surface area contributed by atoms with Crippen LogP contribution >= 0.6 is 0 Å². The molecule has 2 aromatic rings. The summed E-state index contributed by atoms with van der Waals surface area (Å²) < 4.78 is 3.62. The Labute approximate surface area is 130 Å². The summed E-state index contributed by atoms with van der Waals surface area (Å²) >= 11 is 0. The zero-order chi connectivity index (χ0) is 15.9. The molecule has 3 heterocycles. The predicted molar refractivity (Wildman–Crippen MR) is 83.3 cm³/mol. The van der Waals surface area contributed by atoms with Crippen LogP contribution in [0.1, 0.15) is 41.4 Å². The van der Waals surface area contributed by atoms with E-state index in [0.717, 1.165) is 36.3 Å². The molecule has 0 N–H and O–H groups in total. The molecule has 6 heteroatoms. The molecule has 0 bridgehead atoms. The Morgan fingerprint density at radius 2 is 2.14 bits per heavy atom. The first-order chi connectivity index (χ1) is 10.5. The van der Waals surface area contributed by atoms with E-state index in [1.165, 1.54) is 5.56 Å². The van der Waals surface area contributed by atoms with E-state index in [1.54, 1.807) is 10.9 Å². The lowest BCUT2D eigenvalue weighted by atomic mass is 10.0. The maximum absolute atomic E-state index is 12.7. The van der Waals surface area contributed by atoms with Gasteiger partial charge in [0, 0.05) is 31.0 Å². The maximum Gasteiger partial charge on any atom is 0.244 e. The third-order valence-corrected chi connectivity index (χ3v) is 4.53. The van der Waals surface area contributed by atoms with Gasteiger partial charge in [-0.15, -0.1) is 0 Å². The number of aromatic nitrogens is 4. The zero-order valence-electron chi connectivity index (χ0n) is 13.7. The van der Waals surface area contributed by atoms with Gasteiger partial charge in [-0.1, -0.05) is 0 Å². The Bertz CT molecular complexity index is 699. The molecule has 0 spiro atoms. The number of amides is 1. The topological polar surface area (TPSA) is 56.0 Å². The Balaban J connectivity index is 1.82. The SMILES string of the molecule is Cc1cnn(CC(=O)N2CCCC2c2c(C)nn(C)c2C)c1. The molecule has 0 radical (unpaired) electrons. The highest BCUT2D eigenvalue weighted by Gasteiger charge is 2.33. The second-order valence-electron chi connectivity index (χ2n) is 6.17. The maximum atomic E-state index is 12.7. The number of nitrogens with zero attached hydrogens (tertiary/aromatic N) is 5. The summed E-state index contributed by atoms with van der Waals surface area (Å²) in [7, 11) is 1.96. The largest absolute Gasteiger partial charge is 0.334 e. The van der Waals surface area contributed by atoms with Crippen LogP contribution in [0.4, 0.5) is 0 Å². The molecule has 6 nitrogen and oxygen atoms in total. The molecule has 1 fully saturated rings. The fourth-order valence-electron chi connectivity index (χ4n) is 3.42. The number of carbonyl (C=O) groups excluding carboxylic acids is 1. The van der Waals surface area contributed by atoms with Crippen LogP contribution in [-0.4, -0.2) is 36.9 Å². The fraction of sp³-hybridized carbons (Fsp3) is 0.562. The first-order valence-corrected chi connectivity index (χ1v) is 7.76. The van der Waals surface area contributed by atoms with E-state index in [1.807, 2.05) is 36.7 Å². The van der Waals surface area contributed by atoms with Crippen LogP contribution in [0.25, 0.3) is 0 Å². The molecule has 3 rings (SSSR count). The van der Waals surface area contributed by atoms with Crippen molar-refractivity contribution >= 4 is 5.91 Å². The van der Waals surface area contributed by atoms with Gasteiger partial charge in [-0.05, 0) is 39.2 Å². The highest BCUT2D eigenvalue weighted by molar-refractivity contribution is 5.77. The molecule has 1 amide bonds. The van der Waals surface area contributed by atoms with E-state index < -0.39 is 0 Å². The van der Waals surface area contributed by atoms with Gasteiger partial charge in [0.25, 0.3) is 0 Å². The molecule has 118 valence electrons. The van der Waals surface area contributed by atoms with Crippen molar-refractivity contribution in [2.24, 2.45) is 7.05 Å². The van der Waals surface area contributed by atoms with Gasteiger partial charge in [0.15, 0.2) is 0 Å². The van der Waals surface area contributed by atoms with Crippen molar-refractivity contribution in [3.8, 4) is 0 Å². The zero-order valence-corrected chi connectivity index (χ0v) is 13.7. The molecule has 0 saturated carbocycles. The lowest BCUT2D eigenvalue weighted by molar-refractivity contribution is -0.133. The van der Waals surface area contributed by atoms with Gasteiger partial charge in [0.05, 0.1) is 17.9 Å². The third-order valence-electron chi connectivity index (χ3n) is 4.53. The lowest BCUT2D eigenvalue weighted by Crippen LogP contribution is -2.34. The van der Waals surface area contributed by atoms with E-state index in [-0.39, 0.29) is 11.9 Å². The molecule has 1 unspecified atom stereocenters. The number of carbonyl (C=O) groups is 1. The molecular weight excluding hydrogens is 278 g/mol. The standard InChI is InChI=1S/C16H23N5O/c1-11-8-17-20(9-11)10-15(22)21-7-5-6-14(21)16-12(2)18-19(4)13(16)3/h8-9,14H,5-7,10H2,1-4H3. The first kappa shape index (κ1) is 14.8. The first-order valence-electron chi connectivity index (χ1n) is 7.76. The smallest absolute Gasteiger partial charge is 0.244 e. The summed E-state index contributed by atoms with van der Waals surface area (Å²) in [5, 5.41) is 8.71. The quantitative estimate of drug-likeness (QED) is 0.870. The summed E-state index contributed by atoms with van der Waals surface area (Å²) in [5.74, 6) is 0.133. The Kier molecular flexibility index (Phi) is 3.76. The summed E-state index contributed by atoms with van der Waals surface area (Å²) in [5.41, 5.74) is 4.46. The highest BCUT2D eigenvalue weighted by atomic mass is 16.2. The number of hydrogen-bond acceptors (Lipinski definition) is 3. The van der Waals surface area contributed by atoms with Crippen LogP contribution in [-0.2, 0) is 18.4 Å². The Hall–Kier alpha value is -2.11. The normalized spacial score (nSPS) is 18.2. The van der Waals surface area contributed by atoms with Gasteiger partial charge in [0.2, 0.25) is 5.91 Å². The molecular formula is C16H23N5O. The molecule has 0 aliphatic carbocycles. The van der Waals surface area contributed by atoms with Crippen molar-refractivity contribution in [1.29, 1.82) is 0 Å². The van der Waals surface area contributed by atoms with Crippen LogP contribution < -0.4 is 0 Å². The van der Waals surface area contributed by atoms with Gasteiger partial charge >= 0.3 is 0 Å². The minimum Gasteiger partial charge on any atom is -0.334 e.